The summed E-state index contributed by atoms with van der Waals surface area (Å²) in [7, 11) is 0. The molecular formula is C25H22N4O3S. The second-order valence-electron chi connectivity index (χ2n) is 8.07. The molecule has 0 unspecified atom stereocenters. The first-order valence-corrected chi connectivity index (χ1v) is 12.0. The van der Waals surface area contributed by atoms with Gasteiger partial charge in [0.1, 0.15) is 5.58 Å². The SMILES string of the molecule is CCOC(=O)c1oc2ccccc2c1CSc1nnc(-c2c[nH]c3ccccc23)n1C1CC1. The van der Waals surface area contributed by atoms with E-state index in [-0.39, 0.29) is 5.76 Å². The smallest absolute Gasteiger partial charge is 0.374 e. The summed E-state index contributed by atoms with van der Waals surface area (Å²) in [5, 5.41) is 12.0. The number of benzene rings is 2. The van der Waals surface area contributed by atoms with Gasteiger partial charge in [-0.25, -0.2) is 4.79 Å². The number of aromatic amines is 1. The molecule has 1 aliphatic rings. The predicted octanol–water partition coefficient (Wildman–Crippen LogP) is 5.98. The van der Waals surface area contributed by atoms with E-state index in [9.17, 15) is 4.79 Å². The number of ether oxygens (including phenoxy) is 1. The maximum absolute atomic E-state index is 12.6. The Bertz CT molecular complexity index is 1480. The lowest BCUT2D eigenvalue weighted by molar-refractivity contribution is 0.0491. The first-order chi connectivity index (χ1) is 16.2. The van der Waals surface area contributed by atoms with E-state index in [0.29, 0.717) is 24.0 Å². The quantitative estimate of drug-likeness (QED) is 0.239. The molecule has 3 aromatic heterocycles. The molecule has 0 atom stereocenters. The Labute approximate surface area is 194 Å². The lowest BCUT2D eigenvalue weighted by Crippen LogP contribution is -2.06. The highest BCUT2D eigenvalue weighted by molar-refractivity contribution is 7.98. The van der Waals surface area contributed by atoms with E-state index in [0.717, 1.165) is 51.2 Å². The van der Waals surface area contributed by atoms with Crippen LogP contribution in [0.15, 0.2) is 64.3 Å². The van der Waals surface area contributed by atoms with Crippen LogP contribution in [0.1, 0.15) is 41.9 Å². The number of carbonyl (C=O) groups excluding carboxylic acids is 1. The van der Waals surface area contributed by atoms with Gasteiger partial charge in [0.15, 0.2) is 11.0 Å². The summed E-state index contributed by atoms with van der Waals surface area (Å²) >= 11 is 1.57. The molecule has 6 rings (SSSR count). The Morgan fingerprint density at radius 1 is 1.15 bits per heavy atom. The molecule has 0 aliphatic heterocycles. The molecule has 1 N–H and O–H groups in total. The standard InChI is InChI=1S/C25H22N4O3S/c1-2-31-24(30)22-19(17-8-4-6-10-21(17)32-22)14-33-25-28-27-23(29(25)15-11-12-15)18-13-26-20-9-5-3-7-16(18)20/h3-10,13,15,26H,2,11-12,14H2,1H3. The van der Waals surface area contributed by atoms with Crippen LogP contribution in [0, 0.1) is 0 Å². The van der Waals surface area contributed by atoms with Crippen LogP contribution in [-0.4, -0.2) is 32.3 Å². The third kappa shape index (κ3) is 3.51. The molecule has 1 aliphatic carbocycles. The second kappa shape index (κ2) is 8.12. The topological polar surface area (TPSA) is 85.9 Å². The number of fused-ring (bicyclic) bond motifs is 2. The van der Waals surface area contributed by atoms with Crippen LogP contribution in [0.3, 0.4) is 0 Å². The summed E-state index contributed by atoms with van der Waals surface area (Å²) in [4.78, 5) is 15.9. The van der Waals surface area contributed by atoms with Crippen molar-refractivity contribution in [2.45, 2.75) is 36.7 Å². The number of nitrogens with zero attached hydrogens (tertiary/aromatic N) is 3. The van der Waals surface area contributed by atoms with E-state index in [1.165, 1.54) is 0 Å². The summed E-state index contributed by atoms with van der Waals surface area (Å²) in [6.45, 7) is 2.09. The highest BCUT2D eigenvalue weighted by Crippen LogP contribution is 2.43. The molecule has 33 heavy (non-hydrogen) atoms. The van der Waals surface area contributed by atoms with E-state index in [1.54, 1.807) is 18.7 Å². The summed E-state index contributed by atoms with van der Waals surface area (Å²) in [5.41, 5.74) is 3.64. The third-order valence-corrected chi connectivity index (χ3v) is 6.88. The van der Waals surface area contributed by atoms with E-state index in [2.05, 4.69) is 31.9 Å². The lowest BCUT2D eigenvalue weighted by atomic mass is 10.1. The molecule has 0 amide bonds. The fraction of sp³-hybridized carbons (Fsp3) is 0.240. The number of hydrogen-bond donors (Lipinski definition) is 1. The summed E-state index contributed by atoms with van der Waals surface area (Å²) in [6, 6.07) is 16.3. The lowest BCUT2D eigenvalue weighted by Gasteiger charge is -2.08. The van der Waals surface area contributed by atoms with Crippen LogP contribution in [0.4, 0.5) is 0 Å². The fourth-order valence-corrected chi connectivity index (χ4v) is 5.25. The van der Waals surface area contributed by atoms with E-state index >= 15 is 0 Å². The molecule has 5 aromatic rings. The number of rotatable bonds is 7. The number of furan rings is 1. The minimum atomic E-state index is -0.438. The highest BCUT2D eigenvalue weighted by Gasteiger charge is 2.31. The van der Waals surface area contributed by atoms with Crippen molar-refractivity contribution >= 4 is 39.6 Å². The zero-order valence-corrected chi connectivity index (χ0v) is 18.9. The Morgan fingerprint density at radius 3 is 2.76 bits per heavy atom. The minimum absolute atomic E-state index is 0.264. The number of aromatic nitrogens is 4. The van der Waals surface area contributed by atoms with Gasteiger partial charge in [-0.15, -0.1) is 10.2 Å². The molecule has 166 valence electrons. The molecule has 0 bridgehead atoms. The number of hydrogen-bond acceptors (Lipinski definition) is 6. The second-order valence-corrected chi connectivity index (χ2v) is 9.01. The maximum atomic E-state index is 12.6. The third-order valence-electron chi connectivity index (χ3n) is 5.91. The zero-order valence-electron chi connectivity index (χ0n) is 18.1. The van der Waals surface area contributed by atoms with Gasteiger partial charge in [-0.1, -0.05) is 48.2 Å². The number of thioether (sulfide) groups is 1. The predicted molar refractivity (Wildman–Crippen MR) is 127 cm³/mol. The van der Waals surface area contributed by atoms with Crippen molar-refractivity contribution < 1.29 is 13.9 Å². The Morgan fingerprint density at radius 2 is 1.94 bits per heavy atom. The van der Waals surface area contributed by atoms with Gasteiger partial charge in [0.2, 0.25) is 5.76 Å². The molecule has 1 saturated carbocycles. The van der Waals surface area contributed by atoms with Crippen molar-refractivity contribution in [3.63, 3.8) is 0 Å². The Hall–Kier alpha value is -3.52. The van der Waals surface area contributed by atoms with Gasteiger partial charge in [0, 0.05) is 45.4 Å². The van der Waals surface area contributed by atoms with Crippen molar-refractivity contribution in [1.82, 2.24) is 19.7 Å². The molecule has 3 heterocycles. The van der Waals surface area contributed by atoms with Gasteiger partial charge in [-0.3, -0.25) is 4.57 Å². The van der Waals surface area contributed by atoms with Crippen molar-refractivity contribution in [3.05, 3.63) is 66.1 Å². The Kier molecular flexibility index (Phi) is 4.95. The number of esters is 1. The van der Waals surface area contributed by atoms with Gasteiger partial charge in [-0.2, -0.15) is 0 Å². The first-order valence-electron chi connectivity index (χ1n) is 11.1. The van der Waals surface area contributed by atoms with Crippen LogP contribution >= 0.6 is 11.8 Å². The average Bonchev–Trinajstić information content (AvgIpc) is 3.28. The molecule has 0 saturated heterocycles. The molecule has 7 nitrogen and oxygen atoms in total. The maximum Gasteiger partial charge on any atom is 0.374 e. The van der Waals surface area contributed by atoms with Gasteiger partial charge < -0.3 is 14.1 Å². The average molecular weight is 459 g/mol. The van der Waals surface area contributed by atoms with Crippen molar-refractivity contribution in [3.8, 4) is 11.4 Å². The molecule has 2 aromatic carbocycles. The van der Waals surface area contributed by atoms with E-state index in [1.807, 2.05) is 42.6 Å². The Balaban J connectivity index is 1.37. The van der Waals surface area contributed by atoms with Crippen molar-refractivity contribution in [2.24, 2.45) is 0 Å². The van der Waals surface area contributed by atoms with Gasteiger partial charge in [-0.05, 0) is 31.9 Å². The fourth-order valence-electron chi connectivity index (χ4n) is 4.22. The number of H-pyrrole nitrogens is 1. The minimum Gasteiger partial charge on any atom is -0.460 e. The van der Waals surface area contributed by atoms with Crippen LogP contribution in [0.2, 0.25) is 0 Å². The number of nitrogens with one attached hydrogen (secondary N) is 1. The number of carbonyl (C=O) groups is 1. The molecule has 1 fully saturated rings. The highest BCUT2D eigenvalue weighted by atomic mass is 32.2. The van der Waals surface area contributed by atoms with Crippen molar-refractivity contribution in [1.29, 1.82) is 0 Å². The molecule has 8 heteroatoms. The van der Waals surface area contributed by atoms with Crippen LogP contribution in [-0.2, 0) is 10.5 Å². The summed E-state index contributed by atoms with van der Waals surface area (Å²) in [6.07, 6.45) is 4.23. The summed E-state index contributed by atoms with van der Waals surface area (Å²) in [5.74, 6) is 1.23. The molecular weight excluding hydrogens is 436 g/mol. The van der Waals surface area contributed by atoms with E-state index < -0.39 is 5.97 Å². The normalized spacial score (nSPS) is 13.7. The number of para-hydroxylation sites is 2. The van der Waals surface area contributed by atoms with Crippen LogP contribution in [0.5, 0.6) is 0 Å². The van der Waals surface area contributed by atoms with Crippen LogP contribution < -0.4 is 0 Å². The molecule has 0 radical (unpaired) electrons. The van der Waals surface area contributed by atoms with Gasteiger partial charge >= 0.3 is 5.97 Å². The zero-order chi connectivity index (χ0) is 22.4. The van der Waals surface area contributed by atoms with Crippen molar-refractivity contribution in [2.75, 3.05) is 6.61 Å². The summed E-state index contributed by atoms with van der Waals surface area (Å²) < 4.78 is 13.3. The largest absolute Gasteiger partial charge is 0.460 e. The van der Waals surface area contributed by atoms with E-state index in [4.69, 9.17) is 9.15 Å². The monoisotopic (exact) mass is 458 g/mol. The van der Waals surface area contributed by atoms with Gasteiger partial charge in [0.05, 0.1) is 6.61 Å². The van der Waals surface area contributed by atoms with Crippen LogP contribution in [0.25, 0.3) is 33.3 Å². The molecule has 0 spiro atoms. The van der Waals surface area contributed by atoms with Gasteiger partial charge in [0.25, 0.3) is 0 Å². The first kappa shape index (κ1) is 20.1.